The van der Waals surface area contributed by atoms with E-state index in [1.54, 1.807) is 18.2 Å². The molecule has 4 aromatic rings. The van der Waals surface area contributed by atoms with Crippen LogP contribution in [0.15, 0.2) is 61.4 Å². The monoisotopic (exact) mass is 506 g/mol. The van der Waals surface area contributed by atoms with Crippen molar-refractivity contribution in [3.63, 3.8) is 0 Å². The molecular formula is C26H24ClFN6O2. The first-order chi connectivity index (χ1) is 17.4. The summed E-state index contributed by atoms with van der Waals surface area (Å²) in [6, 6.07) is 10.5. The van der Waals surface area contributed by atoms with Crippen molar-refractivity contribution >= 4 is 51.4 Å². The van der Waals surface area contributed by atoms with Crippen LogP contribution in [0.5, 0.6) is 0 Å². The molecule has 0 atom stereocenters. The number of halogens is 2. The molecule has 8 nitrogen and oxygen atoms in total. The molecule has 1 fully saturated rings. The fourth-order valence-electron chi connectivity index (χ4n) is 4.20. The number of nitrogens with one attached hydrogen (secondary N) is 2. The van der Waals surface area contributed by atoms with Crippen LogP contribution in [0.3, 0.4) is 0 Å². The first kappa shape index (κ1) is 23.8. The highest BCUT2D eigenvalue weighted by Gasteiger charge is 2.17. The minimum absolute atomic E-state index is 0.280. The third kappa shape index (κ3) is 4.75. The summed E-state index contributed by atoms with van der Waals surface area (Å²) in [6.45, 7) is 7.91. The van der Waals surface area contributed by atoms with Gasteiger partial charge in [-0.2, -0.15) is 4.98 Å². The van der Waals surface area contributed by atoms with Crippen LogP contribution in [0, 0.1) is 12.7 Å². The predicted molar refractivity (Wildman–Crippen MR) is 140 cm³/mol. The van der Waals surface area contributed by atoms with Gasteiger partial charge >= 0.3 is 0 Å². The summed E-state index contributed by atoms with van der Waals surface area (Å²) < 4.78 is 22.0. The number of carbonyl (C=O) groups excluding carboxylic acids is 1. The van der Waals surface area contributed by atoms with Crippen molar-refractivity contribution in [3.8, 4) is 5.82 Å². The van der Waals surface area contributed by atoms with E-state index >= 15 is 0 Å². The average molecular weight is 507 g/mol. The number of aromatic nitrogens is 3. The van der Waals surface area contributed by atoms with E-state index in [-0.39, 0.29) is 17.7 Å². The molecule has 0 radical (unpaired) electrons. The molecular weight excluding hydrogens is 483 g/mol. The summed E-state index contributed by atoms with van der Waals surface area (Å²) in [7, 11) is 0. The minimum atomic E-state index is -0.331. The van der Waals surface area contributed by atoms with Gasteiger partial charge < -0.3 is 20.3 Å². The quantitative estimate of drug-likeness (QED) is 0.348. The highest BCUT2D eigenvalue weighted by Crippen LogP contribution is 2.30. The lowest BCUT2D eigenvalue weighted by Gasteiger charge is -2.29. The van der Waals surface area contributed by atoms with Crippen LogP contribution in [-0.4, -0.2) is 46.7 Å². The molecule has 3 heterocycles. The van der Waals surface area contributed by atoms with Crippen molar-refractivity contribution in [1.82, 2.24) is 14.5 Å². The molecule has 5 rings (SSSR count). The van der Waals surface area contributed by atoms with Crippen LogP contribution in [-0.2, 0) is 9.53 Å². The summed E-state index contributed by atoms with van der Waals surface area (Å²) in [5, 5.41) is 7.13. The number of anilines is 4. The number of amides is 1. The Labute approximate surface area is 212 Å². The Bertz CT molecular complexity index is 1460. The number of hydrogen-bond donors (Lipinski definition) is 2. The van der Waals surface area contributed by atoms with Crippen molar-refractivity contribution < 1.29 is 13.9 Å². The van der Waals surface area contributed by atoms with Crippen LogP contribution in [0.25, 0.3) is 16.7 Å². The van der Waals surface area contributed by atoms with Gasteiger partial charge in [-0.15, -0.1) is 0 Å². The second kappa shape index (κ2) is 9.96. The normalized spacial score (nSPS) is 13.6. The molecule has 1 saturated heterocycles. The molecule has 0 bridgehead atoms. The smallest absolute Gasteiger partial charge is 0.247 e. The van der Waals surface area contributed by atoms with Gasteiger partial charge in [0, 0.05) is 36.0 Å². The molecule has 1 amide bonds. The van der Waals surface area contributed by atoms with Crippen LogP contribution in [0.1, 0.15) is 5.56 Å². The Morgan fingerprint density at radius 1 is 1.19 bits per heavy atom. The van der Waals surface area contributed by atoms with Crippen LogP contribution in [0.2, 0.25) is 5.02 Å². The van der Waals surface area contributed by atoms with Crippen molar-refractivity contribution in [2.75, 3.05) is 41.8 Å². The highest BCUT2D eigenvalue weighted by molar-refractivity contribution is 6.32. The molecule has 10 heteroatoms. The minimum Gasteiger partial charge on any atom is -0.378 e. The maximum atomic E-state index is 14.8. The summed E-state index contributed by atoms with van der Waals surface area (Å²) in [4.78, 5) is 22.5. The number of hydrogen-bond acceptors (Lipinski definition) is 6. The lowest BCUT2D eigenvalue weighted by molar-refractivity contribution is -0.111. The van der Waals surface area contributed by atoms with Gasteiger partial charge in [0.05, 0.1) is 30.6 Å². The van der Waals surface area contributed by atoms with Crippen molar-refractivity contribution in [2.24, 2.45) is 0 Å². The SMILES string of the molecule is C=CC(=O)Nc1ccc2c(c1)c(C)cn2-c1nc(Nc2ccc(N3CCOCC3)c(F)c2)ncc1Cl. The number of benzene rings is 2. The standard InChI is InChI=1S/C26H24ClFN6O2/c1-3-24(35)30-17-4-6-22-19(12-17)16(2)15-34(22)25-20(27)14-29-26(32-25)31-18-5-7-23(21(28)13-18)33-8-10-36-11-9-33/h3-7,12-15H,1,8-11H2,2H3,(H,30,35)(H,29,31,32). The maximum absolute atomic E-state index is 14.8. The van der Waals surface area contributed by atoms with Crippen molar-refractivity contribution in [3.05, 3.63) is 77.9 Å². The molecule has 0 spiro atoms. The van der Waals surface area contributed by atoms with E-state index in [1.807, 2.05) is 34.7 Å². The van der Waals surface area contributed by atoms with Gasteiger partial charge in [-0.3, -0.25) is 9.36 Å². The van der Waals surface area contributed by atoms with Crippen LogP contribution < -0.4 is 15.5 Å². The first-order valence-corrected chi connectivity index (χ1v) is 11.8. The van der Waals surface area contributed by atoms with Gasteiger partial charge in [0.25, 0.3) is 0 Å². The van der Waals surface area contributed by atoms with Crippen molar-refractivity contribution in [1.29, 1.82) is 0 Å². The Morgan fingerprint density at radius 3 is 2.72 bits per heavy atom. The number of rotatable bonds is 6. The number of ether oxygens (including phenoxy) is 1. The molecule has 0 saturated carbocycles. The zero-order valence-electron chi connectivity index (χ0n) is 19.6. The molecule has 1 aliphatic heterocycles. The number of aryl methyl sites for hydroxylation is 1. The van der Waals surface area contributed by atoms with E-state index in [0.29, 0.717) is 54.2 Å². The Morgan fingerprint density at radius 2 is 1.97 bits per heavy atom. The van der Waals surface area contributed by atoms with Gasteiger partial charge in [0.2, 0.25) is 11.9 Å². The molecule has 0 aliphatic carbocycles. The molecule has 2 aromatic heterocycles. The van der Waals surface area contributed by atoms with E-state index in [1.165, 1.54) is 18.3 Å². The summed E-state index contributed by atoms with van der Waals surface area (Å²) in [5.41, 5.74) is 3.56. The van der Waals surface area contributed by atoms with E-state index in [2.05, 4.69) is 27.2 Å². The summed E-state index contributed by atoms with van der Waals surface area (Å²) in [5.74, 6) is 0.140. The third-order valence-electron chi connectivity index (χ3n) is 5.97. The van der Waals surface area contributed by atoms with E-state index in [9.17, 15) is 9.18 Å². The van der Waals surface area contributed by atoms with Gasteiger partial charge in [-0.1, -0.05) is 18.2 Å². The average Bonchev–Trinajstić information content (AvgIpc) is 3.21. The number of fused-ring (bicyclic) bond motifs is 1. The molecule has 36 heavy (non-hydrogen) atoms. The number of nitrogens with zero attached hydrogens (tertiary/aromatic N) is 4. The van der Waals surface area contributed by atoms with Crippen molar-refractivity contribution in [2.45, 2.75) is 6.92 Å². The lowest BCUT2D eigenvalue weighted by Crippen LogP contribution is -2.36. The van der Waals surface area contributed by atoms with Gasteiger partial charge in [-0.05, 0) is 55.0 Å². The third-order valence-corrected chi connectivity index (χ3v) is 6.23. The van der Waals surface area contributed by atoms with Crippen LogP contribution >= 0.6 is 11.6 Å². The predicted octanol–water partition coefficient (Wildman–Crippen LogP) is 5.23. The molecule has 184 valence electrons. The van der Waals surface area contributed by atoms with E-state index < -0.39 is 0 Å². The van der Waals surface area contributed by atoms with Gasteiger partial charge in [0.1, 0.15) is 10.8 Å². The Kier molecular flexibility index (Phi) is 6.58. The molecule has 0 unspecified atom stereocenters. The molecule has 2 aromatic carbocycles. The number of carbonyl (C=O) groups is 1. The fourth-order valence-corrected chi connectivity index (χ4v) is 4.38. The Balaban J connectivity index is 1.43. The summed E-state index contributed by atoms with van der Waals surface area (Å²) in [6.07, 6.45) is 4.64. The zero-order chi connectivity index (χ0) is 25.2. The molecule has 1 aliphatic rings. The molecule has 2 N–H and O–H groups in total. The first-order valence-electron chi connectivity index (χ1n) is 11.4. The van der Waals surface area contributed by atoms with E-state index in [4.69, 9.17) is 16.3 Å². The second-order valence-corrected chi connectivity index (χ2v) is 8.77. The highest BCUT2D eigenvalue weighted by atomic mass is 35.5. The van der Waals surface area contributed by atoms with E-state index in [0.717, 1.165) is 16.5 Å². The summed E-state index contributed by atoms with van der Waals surface area (Å²) >= 11 is 6.48. The lowest BCUT2D eigenvalue weighted by atomic mass is 10.2. The Hall–Kier alpha value is -3.95. The topological polar surface area (TPSA) is 84.3 Å². The van der Waals surface area contributed by atoms with Gasteiger partial charge in [0.15, 0.2) is 5.82 Å². The second-order valence-electron chi connectivity index (χ2n) is 8.36. The largest absolute Gasteiger partial charge is 0.378 e. The fraction of sp³-hybridized carbons (Fsp3) is 0.192. The van der Waals surface area contributed by atoms with Crippen LogP contribution in [0.4, 0.5) is 27.4 Å². The van der Waals surface area contributed by atoms with Gasteiger partial charge in [-0.25, -0.2) is 9.37 Å². The number of morpholine rings is 1. The maximum Gasteiger partial charge on any atom is 0.247 e. The zero-order valence-corrected chi connectivity index (χ0v) is 20.3.